The van der Waals surface area contributed by atoms with Crippen LogP contribution in [0.1, 0.15) is 24.0 Å². The largest absolute Gasteiger partial charge is 0.467 e. The summed E-state index contributed by atoms with van der Waals surface area (Å²) in [5, 5.41) is 11.3. The van der Waals surface area contributed by atoms with Crippen molar-refractivity contribution in [2.45, 2.75) is 31.0 Å². The van der Waals surface area contributed by atoms with Crippen LogP contribution in [-0.2, 0) is 37.5 Å². The molecule has 2 aromatic carbocycles. The summed E-state index contributed by atoms with van der Waals surface area (Å²) in [5.41, 5.74) is 0.716. The van der Waals surface area contributed by atoms with Crippen LogP contribution >= 0.6 is 23.2 Å². The zero-order valence-corrected chi connectivity index (χ0v) is 20.1. The molecule has 0 radical (unpaired) electrons. The molecule has 0 aromatic heterocycles. The van der Waals surface area contributed by atoms with Crippen molar-refractivity contribution in [2.24, 2.45) is 5.92 Å². The van der Waals surface area contributed by atoms with Crippen LogP contribution in [0.4, 0.5) is 5.69 Å². The lowest BCUT2D eigenvalue weighted by Crippen LogP contribution is -2.40. The lowest BCUT2D eigenvalue weighted by molar-refractivity contribution is -0.385. The fourth-order valence-electron chi connectivity index (χ4n) is 3.95. The van der Waals surface area contributed by atoms with Crippen LogP contribution in [0.15, 0.2) is 35.2 Å². The highest BCUT2D eigenvalue weighted by molar-refractivity contribution is 7.89. The zero-order chi connectivity index (χ0) is 24.5. The van der Waals surface area contributed by atoms with E-state index in [2.05, 4.69) is 0 Å². The van der Waals surface area contributed by atoms with Gasteiger partial charge >= 0.3 is 5.97 Å². The lowest BCUT2D eigenvalue weighted by atomic mass is 9.98. The number of fused-ring (bicyclic) bond motifs is 1. The number of benzene rings is 2. The third-order valence-electron chi connectivity index (χ3n) is 5.66. The minimum Gasteiger partial charge on any atom is -0.467 e. The highest BCUT2D eigenvalue weighted by atomic mass is 35.5. The van der Waals surface area contributed by atoms with E-state index in [1.54, 1.807) is 6.07 Å². The topological polar surface area (TPSA) is 125 Å². The van der Waals surface area contributed by atoms with Gasteiger partial charge in [-0.05, 0) is 25.0 Å². The van der Waals surface area contributed by atoms with Crippen molar-refractivity contribution in [3.63, 3.8) is 0 Å². The number of hydrogen-bond acceptors (Lipinski definition) is 8. The molecule has 4 rings (SSSR count). The first kappa shape index (κ1) is 24.7. The molecule has 0 saturated carbocycles. The summed E-state index contributed by atoms with van der Waals surface area (Å²) in [6, 6.07) is 7.13. The summed E-state index contributed by atoms with van der Waals surface area (Å²) in [6.45, 7) is 0.123. The van der Waals surface area contributed by atoms with Gasteiger partial charge in [0.2, 0.25) is 10.0 Å². The molecule has 2 heterocycles. The van der Waals surface area contributed by atoms with Crippen molar-refractivity contribution in [2.75, 3.05) is 19.9 Å². The van der Waals surface area contributed by atoms with Gasteiger partial charge in [0.05, 0.1) is 27.5 Å². The third kappa shape index (κ3) is 4.98. The molecule has 34 heavy (non-hydrogen) atoms. The van der Waals surface area contributed by atoms with E-state index >= 15 is 0 Å². The van der Waals surface area contributed by atoms with Gasteiger partial charge in [-0.25, -0.2) is 8.42 Å². The van der Waals surface area contributed by atoms with Crippen LogP contribution < -0.4 is 4.74 Å². The third-order valence-corrected chi connectivity index (χ3v) is 8.51. The number of hydrogen-bond donors (Lipinski definition) is 0. The molecule has 0 aliphatic carbocycles. The summed E-state index contributed by atoms with van der Waals surface area (Å²) in [5.74, 6) is -0.630. The molecule has 0 amide bonds. The molecular formula is C21H20Cl2N2O8S. The van der Waals surface area contributed by atoms with E-state index < -0.39 is 26.8 Å². The van der Waals surface area contributed by atoms with Gasteiger partial charge in [-0.1, -0.05) is 29.3 Å². The van der Waals surface area contributed by atoms with Crippen LogP contribution in [0.2, 0.25) is 10.0 Å². The van der Waals surface area contributed by atoms with Crippen molar-refractivity contribution in [3.8, 4) is 5.75 Å². The average molecular weight is 531 g/mol. The molecule has 2 aliphatic heterocycles. The monoisotopic (exact) mass is 530 g/mol. The number of esters is 1. The SMILES string of the molecule is O=C(OCc1cc([N+](=O)[O-])cc2c1OCOC2)C1CCN(S(=O)(=O)c2c(Cl)cccc2Cl)CC1. The van der Waals surface area contributed by atoms with E-state index in [0.717, 1.165) is 0 Å². The molecule has 10 nitrogen and oxygen atoms in total. The molecule has 0 bridgehead atoms. The molecule has 2 aromatic rings. The van der Waals surface area contributed by atoms with E-state index in [1.165, 1.54) is 28.6 Å². The maximum Gasteiger partial charge on any atom is 0.309 e. The second-order valence-electron chi connectivity index (χ2n) is 7.80. The normalized spacial score (nSPS) is 17.0. The number of nitro groups is 1. The van der Waals surface area contributed by atoms with Crippen LogP contribution in [0.25, 0.3) is 0 Å². The highest BCUT2D eigenvalue weighted by Crippen LogP contribution is 2.35. The second kappa shape index (κ2) is 10.0. The van der Waals surface area contributed by atoms with Crippen LogP contribution in [-0.4, -0.2) is 43.5 Å². The molecule has 13 heteroatoms. The molecule has 0 spiro atoms. The number of ether oxygens (including phenoxy) is 3. The molecule has 2 aliphatic rings. The fourth-order valence-corrected chi connectivity index (χ4v) is 6.51. The van der Waals surface area contributed by atoms with Gasteiger partial charge in [-0.2, -0.15) is 4.31 Å². The number of nitrogens with zero attached hydrogens (tertiary/aromatic N) is 2. The Hall–Kier alpha value is -2.44. The Morgan fingerprint density at radius 2 is 1.88 bits per heavy atom. The van der Waals surface area contributed by atoms with Crippen molar-refractivity contribution < 1.29 is 32.3 Å². The van der Waals surface area contributed by atoms with Gasteiger partial charge in [0.25, 0.3) is 5.69 Å². The number of sulfonamides is 1. The number of non-ortho nitro benzene ring substituents is 1. The molecule has 182 valence electrons. The minimum absolute atomic E-state index is 0.00582. The summed E-state index contributed by atoms with van der Waals surface area (Å²) in [7, 11) is -3.93. The highest BCUT2D eigenvalue weighted by Gasteiger charge is 2.35. The molecular weight excluding hydrogens is 511 g/mol. The van der Waals surface area contributed by atoms with Crippen molar-refractivity contribution in [1.82, 2.24) is 4.31 Å². The first-order chi connectivity index (χ1) is 16.2. The van der Waals surface area contributed by atoms with E-state index in [0.29, 0.717) is 16.9 Å². The summed E-state index contributed by atoms with van der Waals surface area (Å²) >= 11 is 12.1. The number of carbonyl (C=O) groups excluding carboxylic acids is 1. The number of rotatable bonds is 6. The maximum absolute atomic E-state index is 13.0. The Balaban J connectivity index is 1.40. The smallest absolute Gasteiger partial charge is 0.309 e. The first-order valence-corrected chi connectivity index (χ1v) is 12.5. The fraction of sp³-hybridized carbons (Fsp3) is 0.381. The Morgan fingerprint density at radius 3 is 2.53 bits per heavy atom. The van der Waals surface area contributed by atoms with Crippen molar-refractivity contribution >= 4 is 44.9 Å². The molecule has 0 N–H and O–H groups in total. The quantitative estimate of drug-likeness (QED) is 0.312. The Morgan fingerprint density at radius 1 is 1.21 bits per heavy atom. The van der Waals surface area contributed by atoms with Gasteiger partial charge < -0.3 is 14.2 Å². The molecule has 0 atom stereocenters. The van der Waals surface area contributed by atoms with Gasteiger partial charge in [0.1, 0.15) is 17.3 Å². The van der Waals surface area contributed by atoms with Crippen molar-refractivity contribution in [3.05, 3.63) is 61.6 Å². The average Bonchev–Trinajstić information content (AvgIpc) is 2.82. The Labute approximate surface area is 205 Å². The van der Waals surface area contributed by atoms with Crippen molar-refractivity contribution in [1.29, 1.82) is 0 Å². The van der Waals surface area contributed by atoms with Gasteiger partial charge in [-0.3, -0.25) is 14.9 Å². The predicted molar refractivity (Wildman–Crippen MR) is 121 cm³/mol. The van der Waals surface area contributed by atoms with Crippen LogP contribution in [0, 0.1) is 16.0 Å². The summed E-state index contributed by atoms with van der Waals surface area (Å²) in [6.07, 6.45) is 0.495. The first-order valence-electron chi connectivity index (χ1n) is 10.3. The number of piperidine rings is 1. The minimum atomic E-state index is -3.93. The molecule has 1 saturated heterocycles. The van der Waals surface area contributed by atoms with Crippen LogP contribution in [0.5, 0.6) is 5.75 Å². The number of halogens is 2. The number of carbonyl (C=O) groups is 1. The molecule has 0 unspecified atom stereocenters. The Bertz CT molecular complexity index is 1210. The maximum atomic E-state index is 13.0. The van der Waals surface area contributed by atoms with E-state index in [4.69, 9.17) is 37.4 Å². The van der Waals surface area contributed by atoms with Gasteiger partial charge in [-0.15, -0.1) is 0 Å². The van der Waals surface area contributed by atoms with E-state index in [1.807, 2.05) is 0 Å². The van der Waals surface area contributed by atoms with E-state index in [-0.39, 0.29) is 66.6 Å². The Kier molecular flexibility index (Phi) is 7.29. The summed E-state index contributed by atoms with van der Waals surface area (Å²) in [4.78, 5) is 23.2. The predicted octanol–water partition coefficient (Wildman–Crippen LogP) is 3.91. The van der Waals surface area contributed by atoms with Gasteiger partial charge in [0.15, 0.2) is 6.79 Å². The second-order valence-corrected chi connectivity index (χ2v) is 10.5. The summed E-state index contributed by atoms with van der Waals surface area (Å²) < 4.78 is 43.3. The van der Waals surface area contributed by atoms with E-state index in [9.17, 15) is 23.3 Å². The standard InChI is InChI=1S/C21H20Cl2N2O8S/c22-17-2-1-3-18(23)20(17)34(29,30)24-6-4-13(5-7-24)21(26)32-11-15-9-16(25(27)28)8-14-10-31-12-33-19(14)15/h1-3,8-9,13H,4-7,10-12H2. The van der Waals surface area contributed by atoms with Gasteiger partial charge in [0, 0.05) is 36.3 Å². The van der Waals surface area contributed by atoms with Crippen LogP contribution in [0.3, 0.4) is 0 Å². The zero-order valence-electron chi connectivity index (χ0n) is 17.7. The lowest BCUT2D eigenvalue weighted by Gasteiger charge is -2.30. The molecule has 1 fully saturated rings. The number of nitro benzene ring substituents is 1.